The highest BCUT2D eigenvalue weighted by atomic mass is 35.5. The standard InChI is InChI=1S/C21H24N4O3.2ClH/c1-27-18-9-8-15(24-21(26)17-6-2-4-10-22-17)12-19(18)28-14-16-13-25-11-5-3-7-20(25)23-16;;/h3,5,7-9,11-13,17,22H,2,4,6,10,14H2,1H3,(H,24,26);2*1H. The molecule has 0 saturated carbocycles. The van der Waals surface area contributed by atoms with Crippen molar-refractivity contribution in [2.24, 2.45) is 0 Å². The number of ether oxygens (including phenoxy) is 2. The van der Waals surface area contributed by atoms with Crippen LogP contribution in [-0.4, -0.2) is 35.0 Å². The van der Waals surface area contributed by atoms with E-state index in [0.29, 0.717) is 23.8 Å². The van der Waals surface area contributed by atoms with Gasteiger partial charge < -0.3 is 24.5 Å². The van der Waals surface area contributed by atoms with E-state index in [1.54, 1.807) is 19.2 Å². The number of amides is 1. The molecule has 7 nitrogen and oxygen atoms in total. The van der Waals surface area contributed by atoms with Gasteiger partial charge in [0.2, 0.25) is 5.91 Å². The topological polar surface area (TPSA) is 76.9 Å². The third-order valence-electron chi connectivity index (χ3n) is 4.85. The molecule has 1 aliphatic rings. The summed E-state index contributed by atoms with van der Waals surface area (Å²) in [5.41, 5.74) is 2.37. The van der Waals surface area contributed by atoms with Crippen molar-refractivity contribution in [1.82, 2.24) is 14.7 Å². The number of nitrogens with zero attached hydrogens (tertiary/aromatic N) is 2. The summed E-state index contributed by atoms with van der Waals surface area (Å²) < 4.78 is 13.3. The summed E-state index contributed by atoms with van der Waals surface area (Å²) in [5, 5.41) is 6.22. The first-order valence-electron chi connectivity index (χ1n) is 9.50. The summed E-state index contributed by atoms with van der Waals surface area (Å²) in [5.74, 6) is 1.16. The van der Waals surface area contributed by atoms with Crippen LogP contribution >= 0.6 is 24.8 Å². The van der Waals surface area contributed by atoms with Crippen molar-refractivity contribution in [3.63, 3.8) is 0 Å². The molecule has 1 unspecified atom stereocenters. The minimum Gasteiger partial charge on any atom is -0.493 e. The molecule has 0 aliphatic carbocycles. The Hall–Kier alpha value is -2.48. The Bertz CT molecular complexity index is 941. The average Bonchev–Trinajstić information content (AvgIpc) is 3.16. The number of methoxy groups -OCH3 is 1. The number of benzene rings is 1. The van der Waals surface area contributed by atoms with Gasteiger partial charge in [0.05, 0.1) is 18.8 Å². The Morgan fingerprint density at radius 2 is 2.10 bits per heavy atom. The van der Waals surface area contributed by atoms with Gasteiger partial charge in [0.15, 0.2) is 11.5 Å². The molecule has 1 fully saturated rings. The maximum atomic E-state index is 12.5. The minimum absolute atomic E-state index is 0. The van der Waals surface area contributed by atoms with Crippen molar-refractivity contribution in [2.45, 2.75) is 31.9 Å². The molecule has 1 atom stereocenters. The summed E-state index contributed by atoms with van der Waals surface area (Å²) in [6.07, 6.45) is 6.93. The van der Waals surface area contributed by atoms with Crippen LogP contribution in [0, 0.1) is 0 Å². The zero-order valence-corrected chi connectivity index (χ0v) is 18.3. The minimum atomic E-state index is -0.141. The van der Waals surface area contributed by atoms with Crippen LogP contribution in [0.5, 0.6) is 11.5 Å². The predicted octanol–water partition coefficient (Wildman–Crippen LogP) is 3.85. The maximum absolute atomic E-state index is 12.5. The summed E-state index contributed by atoms with van der Waals surface area (Å²) in [6, 6.07) is 11.1. The number of imidazole rings is 1. The lowest BCUT2D eigenvalue weighted by molar-refractivity contribution is -0.118. The molecule has 1 aromatic carbocycles. The predicted molar refractivity (Wildman–Crippen MR) is 121 cm³/mol. The first-order valence-corrected chi connectivity index (χ1v) is 9.50. The molecule has 0 spiro atoms. The Labute approximate surface area is 188 Å². The van der Waals surface area contributed by atoms with Gasteiger partial charge in [-0.25, -0.2) is 4.98 Å². The summed E-state index contributed by atoms with van der Waals surface area (Å²) >= 11 is 0. The lowest BCUT2D eigenvalue weighted by Crippen LogP contribution is -2.43. The van der Waals surface area contributed by atoms with E-state index in [2.05, 4.69) is 15.6 Å². The monoisotopic (exact) mass is 452 g/mol. The number of halogens is 2. The van der Waals surface area contributed by atoms with Crippen LogP contribution in [-0.2, 0) is 11.4 Å². The van der Waals surface area contributed by atoms with Crippen molar-refractivity contribution < 1.29 is 14.3 Å². The number of nitrogens with one attached hydrogen (secondary N) is 2. The van der Waals surface area contributed by atoms with Gasteiger partial charge in [-0.15, -0.1) is 24.8 Å². The molecule has 1 aliphatic heterocycles. The van der Waals surface area contributed by atoms with Crippen LogP contribution in [0.1, 0.15) is 25.0 Å². The Kier molecular flexibility index (Phi) is 8.77. The van der Waals surface area contributed by atoms with E-state index in [-0.39, 0.29) is 36.8 Å². The molecule has 2 aromatic heterocycles. The normalized spacial score (nSPS) is 15.6. The maximum Gasteiger partial charge on any atom is 0.241 e. The van der Waals surface area contributed by atoms with Gasteiger partial charge in [0.1, 0.15) is 12.3 Å². The van der Waals surface area contributed by atoms with E-state index >= 15 is 0 Å². The third kappa shape index (κ3) is 5.56. The van der Waals surface area contributed by atoms with E-state index in [0.717, 1.165) is 37.1 Å². The number of carbonyl (C=O) groups is 1. The van der Waals surface area contributed by atoms with E-state index in [1.807, 2.05) is 41.1 Å². The lowest BCUT2D eigenvalue weighted by atomic mass is 10.0. The second-order valence-electron chi connectivity index (χ2n) is 6.84. The zero-order valence-electron chi connectivity index (χ0n) is 16.7. The van der Waals surface area contributed by atoms with Gasteiger partial charge in [-0.3, -0.25) is 4.79 Å². The molecule has 1 amide bonds. The SMILES string of the molecule is COc1ccc(NC(=O)C2CCCCN2)cc1OCc1cn2ccccc2n1.Cl.Cl. The number of anilines is 1. The Morgan fingerprint density at radius 3 is 2.83 bits per heavy atom. The molecule has 9 heteroatoms. The van der Waals surface area contributed by atoms with Crippen LogP contribution in [0.4, 0.5) is 5.69 Å². The highest BCUT2D eigenvalue weighted by molar-refractivity contribution is 5.95. The van der Waals surface area contributed by atoms with Gasteiger partial charge in [-0.05, 0) is 43.7 Å². The largest absolute Gasteiger partial charge is 0.493 e. The van der Waals surface area contributed by atoms with Crippen molar-refractivity contribution in [1.29, 1.82) is 0 Å². The molecule has 30 heavy (non-hydrogen) atoms. The second-order valence-corrected chi connectivity index (χ2v) is 6.84. The molecule has 3 aromatic rings. The molecule has 0 radical (unpaired) electrons. The zero-order chi connectivity index (χ0) is 19.3. The fourth-order valence-electron chi connectivity index (χ4n) is 3.38. The highest BCUT2D eigenvalue weighted by Gasteiger charge is 2.21. The van der Waals surface area contributed by atoms with E-state index in [4.69, 9.17) is 9.47 Å². The molecule has 0 bridgehead atoms. The number of aromatic nitrogens is 2. The molecular weight excluding hydrogens is 427 g/mol. The molecular formula is C21H26Cl2N4O3. The Morgan fingerprint density at radius 1 is 1.23 bits per heavy atom. The number of pyridine rings is 1. The molecule has 4 rings (SSSR count). The highest BCUT2D eigenvalue weighted by Crippen LogP contribution is 2.31. The summed E-state index contributed by atoms with van der Waals surface area (Å²) in [4.78, 5) is 17.0. The van der Waals surface area contributed by atoms with Crippen LogP contribution in [0.25, 0.3) is 5.65 Å². The van der Waals surface area contributed by atoms with E-state index < -0.39 is 0 Å². The number of piperidine rings is 1. The first kappa shape index (κ1) is 23.8. The van der Waals surface area contributed by atoms with Crippen molar-refractivity contribution in [2.75, 3.05) is 19.0 Å². The molecule has 2 N–H and O–H groups in total. The summed E-state index contributed by atoms with van der Waals surface area (Å²) in [6.45, 7) is 1.19. The third-order valence-corrected chi connectivity index (χ3v) is 4.85. The smallest absolute Gasteiger partial charge is 0.241 e. The van der Waals surface area contributed by atoms with E-state index in [9.17, 15) is 4.79 Å². The Balaban J connectivity index is 0.00000160. The molecule has 1 saturated heterocycles. The van der Waals surface area contributed by atoms with Crippen molar-refractivity contribution >= 4 is 42.1 Å². The van der Waals surface area contributed by atoms with Gasteiger partial charge in [-0.1, -0.05) is 12.5 Å². The van der Waals surface area contributed by atoms with Crippen LogP contribution in [0.15, 0.2) is 48.8 Å². The van der Waals surface area contributed by atoms with Gasteiger partial charge in [0.25, 0.3) is 0 Å². The van der Waals surface area contributed by atoms with Crippen LogP contribution in [0.3, 0.4) is 0 Å². The van der Waals surface area contributed by atoms with Gasteiger partial charge in [0, 0.05) is 24.1 Å². The quantitative estimate of drug-likeness (QED) is 0.593. The second kappa shape index (κ2) is 11.1. The lowest BCUT2D eigenvalue weighted by Gasteiger charge is -2.22. The number of fused-ring (bicyclic) bond motifs is 1. The van der Waals surface area contributed by atoms with Crippen LogP contribution in [0.2, 0.25) is 0 Å². The number of carbonyl (C=O) groups excluding carboxylic acids is 1. The van der Waals surface area contributed by atoms with Crippen LogP contribution < -0.4 is 20.1 Å². The number of hydrogen-bond donors (Lipinski definition) is 2. The fraction of sp³-hybridized carbons (Fsp3) is 0.333. The van der Waals surface area contributed by atoms with Gasteiger partial charge >= 0.3 is 0 Å². The number of rotatable bonds is 6. The fourth-order valence-corrected chi connectivity index (χ4v) is 3.38. The number of hydrogen-bond acceptors (Lipinski definition) is 5. The molecule has 3 heterocycles. The summed E-state index contributed by atoms with van der Waals surface area (Å²) in [7, 11) is 1.59. The average molecular weight is 453 g/mol. The van der Waals surface area contributed by atoms with E-state index in [1.165, 1.54) is 0 Å². The van der Waals surface area contributed by atoms with Gasteiger partial charge in [-0.2, -0.15) is 0 Å². The van der Waals surface area contributed by atoms with Crippen molar-refractivity contribution in [3.8, 4) is 11.5 Å². The first-order chi connectivity index (χ1) is 13.7. The molecule has 162 valence electrons. The van der Waals surface area contributed by atoms with Crippen molar-refractivity contribution in [3.05, 3.63) is 54.5 Å².